The molecule has 0 amide bonds. The van der Waals surface area contributed by atoms with Gasteiger partial charge in [0.2, 0.25) is 0 Å². The maximum Gasteiger partial charge on any atom is 0.311 e. The van der Waals surface area contributed by atoms with Crippen LogP contribution in [0.1, 0.15) is 13.3 Å². The number of nitrogens with one attached hydrogen (secondary N) is 1. The normalized spacial score (nSPS) is 10.4. The highest BCUT2D eigenvalue weighted by atomic mass is 19.3. The summed E-state index contributed by atoms with van der Waals surface area (Å²) >= 11 is 0. The Kier molecular flexibility index (Phi) is 5.29. The summed E-state index contributed by atoms with van der Waals surface area (Å²) in [5.41, 5.74) is 0.193. The SMILES string of the molecule is CCCOc1cc(NCC(F)F)ccc1[N+](=O)[O-]. The molecule has 0 saturated heterocycles. The third kappa shape index (κ3) is 4.15. The predicted octanol–water partition coefficient (Wildman–Crippen LogP) is 3.06. The minimum atomic E-state index is -2.49. The summed E-state index contributed by atoms with van der Waals surface area (Å²) in [6.45, 7) is 1.69. The average Bonchev–Trinajstić information content (AvgIpc) is 2.33. The Hall–Kier alpha value is -1.92. The Bertz CT molecular complexity index is 413. The summed E-state index contributed by atoms with van der Waals surface area (Å²) in [6, 6.07) is 3.97. The molecule has 0 atom stereocenters. The van der Waals surface area contributed by atoms with E-state index in [-0.39, 0.29) is 11.4 Å². The van der Waals surface area contributed by atoms with Crippen molar-refractivity contribution >= 4 is 11.4 Å². The van der Waals surface area contributed by atoms with Gasteiger partial charge in [0.05, 0.1) is 18.1 Å². The van der Waals surface area contributed by atoms with Crippen LogP contribution in [0.25, 0.3) is 0 Å². The minimum Gasteiger partial charge on any atom is -0.487 e. The van der Waals surface area contributed by atoms with E-state index in [2.05, 4.69) is 5.32 Å². The Morgan fingerprint density at radius 1 is 1.50 bits per heavy atom. The van der Waals surface area contributed by atoms with Crippen molar-refractivity contribution in [3.8, 4) is 5.75 Å². The number of alkyl halides is 2. The van der Waals surface area contributed by atoms with Crippen molar-refractivity contribution in [3.63, 3.8) is 0 Å². The molecule has 0 heterocycles. The number of hydrogen-bond donors (Lipinski definition) is 1. The molecule has 0 bridgehead atoms. The fourth-order valence-corrected chi connectivity index (χ4v) is 1.30. The molecule has 7 heteroatoms. The zero-order valence-corrected chi connectivity index (χ0v) is 9.86. The Morgan fingerprint density at radius 3 is 2.78 bits per heavy atom. The molecule has 5 nitrogen and oxygen atoms in total. The minimum absolute atomic E-state index is 0.0844. The van der Waals surface area contributed by atoms with Crippen LogP contribution in [0.5, 0.6) is 5.75 Å². The first-order valence-corrected chi connectivity index (χ1v) is 5.47. The van der Waals surface area contributed by atoms with Gasteiger partial charge in [-0.1, -0.05) is 6.92 Å². The summed E-state index contributed by atoms with van der Waals surface area (Å²) in [5, 5.41) is 13.2. The monoisotopic (exact) mass is 260 g/mol. The van der Waals surface area contributed by atoms with Crippen LogP contribution >= 0.6 is 0 Å². The highest BCUT2D eigenvalue weighted by molar-refractivity contribution is 5.58. The largest absolute Gasteiger partial charge is 0.487 e. The van der Waals surface area contributed by atoms with Gasteiger partial charge in [0.15, 0.2) is 5.75 Å². The second-order valence-electron chi connectivity index (χ2n) is 3.56. The van der Waals surface area contributed by atoms with Crippen molar-refractivity contribution in [2.75, 3.05) is 18.5 Å². The van der Waals surface area contributed by atoms with Gasteiger partial charge in [0, 0.05) is 17.8 Å². The van der Waals surface area contributed by atoms with Crippen LogP contribution in [0, 0.1) is 10.1 Å². The average molecular weight is 260 g/mol. The topological polar surface area (TPSA) is 64.4 Å². The third-order valence-electron chi connectivity index (χ3n) is 2.08. The van der Waals surface area contributed by atoms with E-state index in [1.807, 2.05) is 6.92 Å². The molecule has 0 saturated carbocycles. The molecule has 0 fully saturated rings. The van der Waals surface area contributed by atoms with E-state index in [0.717, 1.165) is 0 Å². The zero-order valence-electron chi connectivity index (χ0n) is 9.86. The number of halogens is 2. The smallest absolute Gasteiger partial charge is 0.311 e. The van der Waals surface area contributed by atoms with Crippen LogP contribution in [0.2, 0.25) is 0 Å². The predicted molar refractivity (Wildman–Crippen MR) is 63.4 cm³/mol. The lowest BCUT2D eigenvalue weighted by molar-refractivity contribution is -0.385. The molecule has 0 aliphatic heterocycles. The van der Waals surface area contributed by atoms with Crippen LogP contribution in [0.3, 0.4) is 0 Å². The number of nitro benzene ring substituents is 1. The third-order valence-corrected chi connectivity index (χ3v) is 2.08. The molecule has 0 unspecified atom stereocenters. The van der Waals surface area contributed by atoms with Gasteiger partial charge >= 0.3 is 5.69 Å². The van der Waals surface area contributed by atoms with Crippen molar-refractivity contribution in [1.29, 1.82) is 0 Å². The quantitative estimate of drug-likeness (QED) is 0.604. The van der Waals surface area contributed by atoms with E-state index < -0.39 is 17.9 Å². The summed E-state index contributed by atoms with van der Waals surface area (Å²) < 4.78 is 29.3. The van der Waals surface area contributed by atoms with Crippen LogP contribution < -0.4 is 10.1 Å². The van der Waals surface area contributed by atoms with Crippen LogP contribution in [0.4, 0.5) is 20.2 Å². The summed E-state index contributed by atoms with van der Waals surface area (Å²) in [4.78, 5) is 10.2. The fourth-order valence-electron chi connectivity index (χ4n) is 1.30. The lowest BCUT2D eigenvalue weighted by atomic mass is 10.2. The van der Waals surface area contributed by atoms with Gasteiger partial charge in [-0.25, -0.2) is 8.78 Å². The molecule has 1 N–H and O–H groups in total. The highest BCUT2D eigenvalue weighted by Gasteiger charge is 2.15. The van der Waals surface area contributed by atoms with Gasteiger partial charge in [-0.15, -0.1) is 0 Å². The van der Waals surface area contributed by atoms with Crippen molar-refractivity contribution in [3.05, 3.63) is 28.3 Å². The molecule has 0 aliphatic rings. The van der Waals surface area contributed by atoms with E-state index in [4.69, 9.17) is 4.74 Å². The molecule has 100 valence electrons. The molecule has 0 spiro atoms. The number of nitro groups is 1. The highest BCUT2D eigenvalue weighted by Crippen LogP contribution is 2.30. The lowest BCUT2D eigenvalue weighted by Gasteiger charge is -2.09. The first kappa shape index (κ1) is 14.1. The molecule has 1 aromatic rings. The summed E-state index contributed by atoms with van der Waals surface area (Å²) in [6.07, 6.45) is -1.79. The van der Waals surface area contributed by atoms with E-state index in [1.165, 1.54) is 18.2 Å². The zero-order chi connectivity index (χ0) is 13.5. The van der Waals surface area contributed by atoms with Gasteiger partial charge in [-0.05, 0) is 12.5 Å². The standard InChI is InChI=1S/C11H14F2N2O3/c1-2-5-18-10-6-8(14-7-11(12)13)3-4-9(10)15(16)17/h3-4,6,11,14H,2,5,7H2,1H3. The van der Waals surface area contributed by atoms with Crippen molar-refractivity contribution in [2.45, 2.75) is 19.8 Å². The van der Waals surface area contributed by atoms with Crippen molar-refractivity contribution < 1.29 is 18.4 Å². The maximum absolute atomic E-state index is 12.0. The van der Waals surface area contributed by atoms with Gasteiger partial charge in [-0.2, -0.15) is 0 Å². The number of nitrogens with zero attached hydrogens (tertiary/aromatic N) is 1. The van der Waals surface area contributed by atoms with Crippen LogP contribution in [0.15, 0.2) is 18.2 Å². The number of benzene rings is 1. The van der Waals surface area contributed by atoms with Crippen LogP contribution in [-0.2, 0) is 0 Å². The van der Waals surface area contributed by atoms with Gasteiger partial charge in [0.25, 0.3) is 6.43 Å². The summed E-state index contributed by atoms with van der Waals surface area (Å²) in [7, 11) is 0. The Morgan fingerprint density at radius 2 is 2.22 bits per heavy atom. The molecule has 1 aromatic carbocycles. The fraction of sp³-hybridized carbons (Fsp3) is 0.455. The number of hydrogen-bond acceptors (Lipinski definition) is 4. The van der Waals surface area contributed by atoms with E-state index in [1.54, 1.807) is 0 Å². The van der Waals surface area contributed by atoms with E-state index in [9.17, 15) is 18.9 Å². The molecule has 0 aliphatic carbocycles. The number of ether oxygens (including phenoxy) is 1. The van der Waals surface area contributed by atoms with Crippen molar-refractivity contribution in [2.24, 2.45) is 0 Å². The Labute approximate surface area is 103 Å². The van der Waals surface area contributed by atoms with E-state index in [0.29, 0.717) is 18.7 Å². The second-order valence-corrected chi connectivity index (χ2v) is 3.56. The molecular formula is C11H14F2N2O3. The van der Waals surface area contributed by atoms with Gasteiger partial charge < -0.3 is 10.1 Å². The molecule has 1 rings (SSSR count). The van der Waals surface area contributed by atoms with Gasteiger partial charge in [-0.3, -0.25) is 10.1 Å². The molecule has 18 heavy (non-hydrogen) atoms. The van der Waals surface area contributed by atoms with E-state index >= 15 is 0 Å². The molecule has 0 radical (unpaired) electrons. The van der Waals surface area contributed by atoms with Gasteiger partial charge in [0.1, 0.15) is 0 Å². The molecule has 0 aromatic heterocycles. The number of anilines is 1. The van der Waals surface area contributed by atoms with Crippen molar-refractivity contribution in [1.82, 2.24) is 0 Å². The maximum atomic E-state index is 12.0. The Balaban J connectivity index is 2.86. The lowest BCUT2D eigenvalue weighted by Crippen LogP contribution is -2.10. The van der Waals surface area contributed by atoms with Crippen LogP contribution in [-0.4, -0.2) is 24.5 Å². The summed E-state index contributed by atoms with van der Waals surface area (Å²) in [5.74, 6) is 0.0844. The first-order chi connectivity index (χ1) is 8.54. The molecular weight excluding hydrogens is 246 g/mol. The first-order valence-electron chi connectivity index (χ1n) is 5.47. The number of rotatable bonds is 7. The second kappa shape index (κ2) is 6.73.